The molecule has 1 aliphatic heterocycles. The first-order valence-electron chi connectivity index (χ1n) is 6.69. The van der Waals surface area contributed by atoms with Gasteiger partial charge in [-0.25, -0.2) is 0 Å². The van der Waals surface area contributed by atoms with E-state index in [-0.39, 0.29) is 18.4 Å². The van der Waals surface area contributed by atoms with E-state index in [2.05, 4.69) is 0 Å². The molecule has 1 atom stereocenters. The standard InChI is InChI=1S/C15H19NO4/c1-11(2)15(14(18)19)7-8-16(10-15)13(17)6-5-12-4-3-9-20-12/h3-6,9,11H,7-8,10H2,1-2H3,(H,18,19)/b6-5+. The van der Waals surface area contributed by atoms with Crippen LogP contribution in [0.25, 0.3) is 6.08 Å². The molecule has 5 heteroatoms. The maximum atomic E-state index is 12.1. The van der Waals surface area contributed by atoms with Crippen LogP contribution in [0.4, 0.5) is 0 Å². The zero-order chi connectivity index (χ0) is 14.8. The van der Waals surface area contributed by atoms with Crippen LogP contribution in [0.1, 0.15) is 26.0 Å². The van der Waals surface area contributed by atoms with Crippen molar-refractivity contribution in [2.75, 3.05) is 13.1 Å². The Morgan fingerprint density at radius 2 is 2.25 bits per heavy atom. The first kappa shape index (κ1) is 14.4. The van der Waals surface area contributed by atoms with Crippen molar-refractivity contribution in [3.63, 3.8) is 0 Å². The monoisotopic (exact) mass is 277 g/mol. The lowest BCUT2D eigenvalue weighted by Gasteiger charge is -2.28. The van der Waals surface area contributed by atoms with Gasteiger partial charge in [-0.1, -0.05) is 13.8 Å². The molecule has 0 bridgehead atoms. The molecule has 2 heterocycles. The Hall–Kier alpha value is -2.04. The van der Waals surface area contributed by atoms with Gasteiger partial charge in [0, 0.05) is 19.2 Å². The van der Waals surface area contributed by atoms with Crippen molar-refractivity contribution in [1.82, 2.24) is 4.90 Å². The van der Waals surface area contributed by atoms with E-state index >= 15 is 0 Å². The zero-order valence-electron chi connectivity index (χ0n) is 11.7. The number of amides is 1. The summed E-state index contributed by atoms with van der Waals surface area (Å²) in [6.45, 7) is 4.52. The summed E-state index contributed by atoms with van der Waals surface area (Å²) in [5.74, 6) is -0.402. The van der Waals surface area contributed by atoms with Crippen LogP contribution >= 0.6 is 0 Å². The molecule has 1 N–H and O–H groups in total. The maximum absolute atomic E-state index is 12.1. The third-order valence-corrected chi connectivity index (χ3v) is 4.08. The molecule has 1 fully saturated rings. The molecule has 1 unspecified atom stereocenters. The van der Waals surface area contributed by atoms with Gasteiger partial charge in [-0.15, -0.1) is 0 Å². The first-order chi connectivity index (χ1) is 9.45. The van der Waals surface area contributed by atoms with Gasteiger partial charge in [0.1, 0.15) is 5.76 Å². The van der Waals surface area contributed by atoms with Crippen LogP contribution in [-0.4, -0.2) is 35.0 Å². The number of likely N-dealkylation sites (tertiary alicyclic amines) is 1. The largest absolute Gasteiger partial charge is 0.481 e. The van der Waals surface area contributed by atoms with E-state index in [9.17, 15) is 14.7 Å². The molecule has 2 rings (SSSR count). The number of aliphatic carboxylic acids is 1. The van der Waals surface area contributed by atoms with Gasteiger partial charge in [-0.2, -0.15) is 0 Å². The predicted octanol–water partition coefficient (Wildman–Crippen LogP) is 2.25. The summed E-state index contributed by atoms with van der Waals surface area (Å²) in [6.07, 6.45) is 5.06. The highest BCUT2D eigenvalue weighted by Gasteiger charge is 2.48. The van der Waals surface area contributed by atoms with Gasteiger partial charge in [0.25, 0.3) is 0 Å². The number of carbonyl (C=O) groups is 2. The Morgan fingerprint density at radius 3 is 2.75 bits per heavy atom. The second-order valence-corrected chi connectivity index (χ2v) is 5.47. The van der Waals surface area contributed by atoms with Gasteiger partial charge in [0.05, 0.1) is 11.7 Å². The average molecular weight is 277 g/mol. The molecule has 0 aliphatic carbocycles. The summed E-state index contributed by atoms with van der Waals surface area (Å²) in [6, 6.07) is 3.50. The van der Waals surface area contributed by atoms with E-state index in [1.165, 1.54) is 12.3 Å². The van der Waals surface area contributed by atoms with Crippen LogP contribution in [0, 0.1) is 11.3 Å². The number of carbonyl (C=O) groups excluding carboxylic acids is 1. The Kier molecular flexibility index (Phi) is 3.97. The smallest absolute Gasteiger partial charge is 0.311 e. The lowest BCUT2D eigenvalue weighted by atomic mass is 9.76. The van der Waals surface area contributed by atoms with Crippen LogP contribution in [0.3, 0.4) is 0 Å². The van der Waals surface area contributed by atoms with E-state index < -0.39 is 11.4 Å². The molecule has 1 saturated heterocycles. The topological polar surface area (TPSA) is 70.8 Å². The summed E-state index contributed by atoms with van der Waals surface area (Å²) < 4.78 is 5.11. The van der Waals surface area contributed by atoms with Gasteiger partial charge in [0.15, 0.2) is 0 Å². The second-order valence-electron chi connectivity index (χ2n) is 5.47. The molecule has 108 valence electrons. The molecule has 0 radical (unpaired) electrons. The van der Waals surface area contributed by atoms with Crippen LogP contribution in [0.15, 0.2) is 28.9 Å². The highest BCUT2D eigenvalue weighted by molar-refractivity contribution is 5.92. The summed E-state index contributed by atoms with van der Waals surface area (Å²) in [5, 5.41) is 9.44. The maximum Gasteiger partial charge on any atom is 0.311 e. The Morgan fingerprint density at radius 1 is 1.50 bits per heavy atom. The fourth-order valence-electron chi connectivity index (χ4n) is 2.56. The Bertz CT molecular complexity index is 518. The number of hydrogen-bond acceptors (Lipinski definition) is 3. The molecule has 20 heavy (non-hydrogen) atoms. The highest BCUT2D eigenvalue weighted by atomic mass is 16.4. The molecule has 5 nitrogen and oxygen atoms in total. The van der Waals surface area contributed by atoms with E-state index in [1.54, 1.807) is 23.1 Å². The van der Waals surface area contributed by atoms with Gasteiger partial charge in [-0.05, 0) is 30.5 Å². The lowest BCUT2D eigenvalue weighted by Crippen LogP contribution is -2.40. The third kappa shape index (κ3) is 2.61. The normalized spacial score (nSPS) is 22.9. The summed E-state index contributed by atoms with van der Waals surface area (Å²) >= 11 is 0. The number of carboxylic acids is 1. The SMILES string of the molecule is CC(C)C1(C(=O)O)CCN(C(=O)/C=C/c2ccco2)C1. The third-order valence-electron chi connectivity index (χ3n) is 4.08. The predicted molar refractivity (Wildman–Crippen MR) is 73.8 cm³/mol. The summed E-state index contributed by atoms with van der Waals surface area (Å²) in [4.78, 5) is 25.2. The molecule has 1 amide bonds. The van der Waals surface area contributed by atoms with Crippen molar-refractivity contribution in [3.05, 3.63) is 30.2 Å². The van der Waals surface area contributed by atoms with Crippen LogP contribution in [0.2, 0.25) is 0 Å². The van der Waals surface area contributed by atoms with Crippen molar-refractivity contribution in [3.8, 4) is 0 Å². The molecule has 0 spiro atoms. The lowest BCUT2D eigenvalue weighted by molar-refractivity contribution is -0.151. The molecule has 1 aromatic heterocycles. The summed E-state index contributed by atoms with van der Waals surface area (Å²) in [7, 11) is 0. The minimum absolute atomic E-state index is 0.00754. The number of carboxylic acid groups (broad SMARTS) is 1. The molecular formula is C15H19NO4. The number of rotatable bonds is 4. The Labute approximate surface area is 117 Å². The van der Waals surface area contributed by atoms with Crippen molar-refractivity contribution in [2.24, 2.45) is 11.3 Å². The van der Waals surface area contributed by atoms with Crippen LogP contribution in [-0.2, 0) is 9.59 Å². The second kappa shape index (κ2) is 5.53. The zero-order valence-corrected chi connectivity index (χ0v) is 11.7. The van der Waals surface area contributed by atoms with Crippen LogP contribution in [0.5, 0.6) is 0 Å². The van der Waals surface area contributed by atoms with Gasteiger partial charge in [0.2, 0.25) is 5.91 Å². The van der Waals surface area contributed by atoms with E-state index in [4.69, 9.17) is 4.42 Å². The molecule has 1 aliphatic rings. The fourth-order valence-corrected chi connectivity index (χ4v) is 2.56. The van der Waals surface area contributed by atoms with Gasteiger partial charge in [-0.3, -0.25) is 9.59 Å². The number of nitrogens with zero attached hydrogens (tertiary/aromatic N) is 1. The summed E-state index contributed by atoms with van der Waals surface area (Å²) in [5.41, 5.74) is -0.825. The fraction of sp³-hybridized carbons (Fsp3) is 0.467. The van der Waals surface area contributed by atoms with E-state index in [1.807, 2.05) is 13.8 Å². The van der Waals surface area contributed by atoms with Crippen molar-refractivity contribution >= 4 is 18.0 Å². The van der Waals surface area contributed by atoms with E-state index in [0.717, 1.165) is 0 Å². The molecule has 0 aromatic carbocycles. The molecular weight excluding hydrogens is 258 g/mol. The number of furan rings is 1. The number of hydrogen-bond donors (Lipinski definition) is 1. The van der Waals surface area contributed by atoms with E-state index in [0.29, 0.717) is 18.7 Å². The van der Waals surface area contributed by atoms with Crippen molar-refractivity contribution in [1.29, 1.82) is 0 Å². The minimum atomic E-state index is -0.825. The molecule has 0 saturated carbocycles. The van der Waals surface area contributed by atoms with Gasteiger partial charge < -0.3 is 14.4 Å². The van der Waals surface area contributed by atoms with Crippen molar-refractivity contribution in [2.45, 2.75) is 20.3 Å². The minimum Gasteiger partial charge on any atom is -0.481 e. The quantitative estimate of drug-likeness (QED) is 0.857. The average Bonchev–Trinajstić information content (AvgIpc) is 3.05. The highest BCUT2D eigenvalue weighted by Crippen LogP contribution is 2.38. The van der Waals surface area contributed by atoms with Crippen LogP contribution < -0.4 is 0 Å². The molecule has 1 aromatic rings. The van der Waals surface area contributed by atoms with Crippen molar-refractivity contribution < 1.29 is 19.1 Å². The first-order valence-corrected chi connectivity index (χ1v) is 6.69. The Balaban J connectivity index is 2.05. The van der Waals surface area contributed by atoms with Gasteiger partial charge >= 0.3 is 5.97 Å².